The third-order valence-electron chi connectivity index (χ3n) is 10.2. The van der Waals surface area contributed by atoms with E-state index in [9.17, 15) is 5.11 Å². The fraction of sp³-hybridized carbons (Fsp3) is 0.778. The normalized spacial score (nSPS) is 51.9. The fourth-order valence-electron chi connectivity index (χ4n) is 8.94. The van der Waals surface area contributed by atoms with Crippen molar-refractivity contribution in [2.24, 2.45) is 35.0 Å². The number of benzene rings is 1. The second kappa shape index (κ2) is 6.56. The van der Waals surface area contributed by atoms with Gasteiger partial charge in [0.2, 0.25) is 0 Å². The average Bonchev–Trinajstić information content (AvgIpc) is 3.15. The monoisotopic (exact) mass is 410 g/mol. The van der Waals surface area contributed by atoms with E-state index in [1.165, 1.54) is 29.5 Å². The maximum Gasteiger partial charge on any atom is 0.171 e. The molecular weight excluding hydrogens is 372 g/mol. The van der Waals surface area contributed by atoms with E-state index < -0.39 is 0 Å². The van der Waals surface area contributed by atoms with Gasteiger partial charge in [0.25, 0.3) is 0 Å². The molecule has 0 aromatic heterocycles. The SMILES string of the molecule is Cc1cccc2c1C1C(O)CC3(C)C(CC4OC5(CCC(C)CO5)C(C)C43)C1CC2. The first-order valence-corrected chi connectivity index (χ1v) is 12.4. The minimum atomic E-state index is -0.368. The lowest BCUT2D eigenvalue weighted by atomic mass is 9.51. The summed E-state index contributed by atoms with van der Waals surface area (Å²) in [4.78, 5) is 0. The predicted octanol–water partition coefficient (Wildman–Crippen LogP) is 5.23. The Kier molecular flexibility index (Phi) is 4.32. The van der Waals surface area contributed by atoms with E-state index in [2.05, 4.69) is 45.9 Å². The molecule has 0 amide bonds. The zero-order chi connectivity index (χ0) is 20.8. The van der Waals surface area contributed by atoms with Crippen LogP contribution >= 0.6 is 0 Å². The molecule has 2 saturated heterocycles. The molecule has 1 aromatic rings. The number of aliphatic hydroxyl groups excluding tert-OH is 1. The third-order valence-corrected chi connectivity index (χ3v) is 10.2. The Morgan fingerprint density at radius 2 is 2.00 bits per heavy atom. The first kappa shape index (κ1) is 19.8. The average molecular weight is 411 g/mol. The Morgan fingerprint density at radius 1 is 1.17 bits per heavy atom. The molecule has 1 spiro atoms. The molecule has 3 aliphatic carbocycles. The van der Waals surface area contributed by atoms with Crippen molar-refractivity contribution in [3.8, 4) is 0 Å². The van der Waals surface area contributed by atoms with Crippen LogP contribution in [0.3, 0.4) is 0 Å². The number of rotatable bonds is 0. The van der Waals surface area contributed by atoms with Gasteiger partial charge in [-0.15, -0.1) is 0 Å². The van der Waals surface area contributed by atoms with Gasteiger partial charge in [-0.05, 0) is 84.8 Å². The summed E-state index contributed by atoms with van der Waals surface area (Å²) in [5, 5.41) is 11.6. The summed E-state index contributed by atoms with van der Waals surface area (Å²) in [6, 6.07) is 6.72. The molecule has 0 radical (unpaired) electrons. The third kappa shape index (κ3) is 2.49. The van der Waals surface area contributed by atoms with Crippen molar-refractivity contribution in [1.29, 1.82) is 0 Å². The molecule has 3 heteroatoms. The number of ether oxygens (including phenoxy) is 2. The Bertz CT molecular complexity index is 841. The van der Waals surface area contributed by atoms with Crippen LogP contribution in [0.15, 0.2) is 18.2 Å². The second-order valence-corrected chi connectivity index (χ2v) is 11.7. The molecule has 10 unspecified atom stereocenters. The molecule has 4 fully saturated rings. The molecule has 3 nitrogen and oxygen atoms in total. The van der Waals surface area contributed by atoms with Crippen LogP contribution in [0.4, 0.5) is 0 Å². The zero-order valence-electron chi connectivity index (χ0n) is 19.1. The van der Waals surface area contributed by atoms with Crippen LogP contribution in [0.2, 0.25) is 0 Å². The minimum absolute atomic E-state index is 0.154. The molecule has 30 heavy (non-hydrogen) atoms. The first-order chi connectivity index (χ1) is 14.3. The molecule has 1 N–H and O–H groups in total. The molecule has 5 aliphatic rings. The van der Waals surface area contributed by atoms with Gasteiger partial charge < -0.3 is 14.6 Å². The highest BCUT2D eigenvalue weighted by molar-refractivity contribution is 5.42. The van der Waals surface area contributed by atoms with Crippen molar-refractivity contribution in [1.82, 2.24) is 0 Å². The fourth-order valence-corrected chi connectivity index (χ4v) is 8.94. The quantitative estimate of drug-likeness (QED) is 0.637. The van der Waals surface area contributed by atoms with Gasteiger partial charge >= 0.3 is 0 Å². The molecule has 1 aromatic carbocycles. The van der Waals surface area contributed by atoms with Crippen molar-refractivity contribution in [3.05, 3.63) is 34.9 Å². The molecular formula is C27H38O3. The lowest BCUT2D eigenvalue weighted by Gasteiger charge is -2.54. The number of aryl methyl sites for hydroxylation is 2. The molecule has 2 aliphatic heterocycles. The molecule has 2 heterocycles. The lowest BCUT2D eigenvalue weighted by molar-refractivity contribution is -0.272. The summed E-state index contributed by atoms with van der Waals surface area (Å²) >= 11 is 0. The van der Waals surface area contributed by atoms with E-state index in [4.69, 9.17) is 9.47 Å². The lowest BCUT2D eigenvalue weighted by Crippen LogP contribution is -2.52. The van der Waals surface area contributed by atoms with Crippen molar-refractivity contribution < 1.29 is 14.6 Å². The van der Waals surface area contributed by atoms with Crippen molar-refractivity contribution in [2.75, 3.05) is 6.61 Å². The molecule has 0 bridgehead atoms. The van der Waals surface area contributed by atoms with Crippen LogP contribution in [0, 0.1) is 41.9 Å². The van der Waals surface area contributed by atoms with Crippen molar-refractivity contribution in [3.63, 3.8) is 0 Å². The van der Waals surface area contributed by atoms with Crippen LogP contribution in [-0.2, 0) is 15.9 Å². The summed E-state index contributed by atoms with van der Waals surface area (Å²) in [7, 11) is 0. The summed E-state index contributed by atoms with van der Waals surface area (Å²) in [6.45, 7) is 10.2. The Hall–Kier alpha value is -0.900. The topological polar surface area (TPSA) is 38.7 Å². The predicted molar refractivity (Wildman–Crippen MR) is 117 cm³/mol. The number of hydrogen-bond acceptors (Lipinski definition) is 3. The summed E-state index contributed by atoms with van der Waals surface area (Å²) in [6.07, 6.45) is 6.73. The smallest absolute Gasteiger partial charge is 0.171 e. The van der Waals surface area contributed by atoms with Gasteiger partial charge in [-0.3, -0.25) is 0 Å². The highest BCUT2D eigenvalue weighted by Crippen LogP contribution is 2.69. The van der Waals surface area contributed by atoms with Crippen LogP contribution in [0.5, 0.6) is 0 Å². The van der Waals surface area contributed by atoms with Gasteiger partial charge in [0.05, 0.1) is 18.8 Å². The van der Waals surface area contributed by atoms with E-state index in [-0.39, 0.29) is 17.3 Å². The number of aliphatic hydroxyl groups is 1. The first-order valence-electron chi connectivity index (χ1n) is 12.4. The van der Waals surface area contributed by atoms with Gasteiger partial charge in [0.15, 0.2) is 5.79 Å². The molecule has 164 valence electrons. The maximum atomic E-state index is 11.6. The van der Waals surface area contributed by atoms with Crippen molar-refractivity contribution in [2.45, 2.75) is 90.1 Å². The van der Waals surface area contributed by atoms with Gasteiger partial charge in [0, 0.05) is 18.3 Å². The summed E-state index contributed by atoms with van der Waals surface area (Å²) < 4.78 is 13.3. The van der Waals surface area contributed by atoms with E-state index in [0.29, 0.717) is 41.6 Å². The van der Waals surface area contributed by atoms with Crippen molar-refractivity contribution >= 4 is 0 Å². The van der Waals surface area contributed by atoms with Crippen LogP contribution in [0.1, 0.15) is 75.5 Å². The molecule has 2 saturated carbocycles. The summed E-state index contributed by atoms with van der Waals surface area (Å²) in [5.41, 5.74) is 4.47. The van der Waals surface area contributed by atoms with Gasteiger partial charge in [-0.1, -0.05) is 39.0 Å². The Balaban J connectivity index is 1.34. The second-order valence-electron chi connectivity index (χ2n) is 11.7. The van der Waals surface area contributed by atoms with E-state index in [1.54, 1.807) is 0 Å². The molecule has 10 atom stereocenters. The number of hydrogen-bond donors (Lipinski definition) is 1. The van der Waals surface area contributed by atoms with Crippen LogP contribution in [-0.4, -0.2) is 29.7 Å². The van der Waals surface area contributed by atoms with E-state index in [1.807, 2.05) is 0 Å². The summed E-state index contributed by atoms with van der Waals surface area (Å²) in [5.74, 6) is 2.72. The maximum absolute atomic E-state index is 11.6. The Morgan fingerprint density at radius 3 is 2.77 bits per heavy atom. The largest absolute Gasteiger partial charge is 0.392 e. The highest BCUT2D eigenvalue weighted by atomic mass is 16.7. The van der Waals surface area contributed by atoms with Gasteiger partial charge in [-0.2, -0.15) is 0 Å². The molecule has 6 rings (SSSR count). The highest BCUT2D eigenvalue weighted by Gasteiger charge is 2.68. The van der Waals surface area contributed by atoms with E-state index in [0.717, 1.165) is 32.3 Å². The zero-order valence-corrected chi connectivity index (χ0v) is 19.1. The van der Waals surface area contributed by atoms with Crippen LogP contribution in [0.25, 0.3) is 0 Å². The minimum Gasteiger partial charge on any atom is -0.392 e. The van der Waals surface area contributed by atoms with Crippen LogP contribution < -0.4 is 0 Å². The van der Waals surface area contributed by atoms with Gasteiger partial charge in [0.1, 0.15) is 0 Å². The number of fused-ring (bicyclic) bond motifs is 7. The Labute approximate surface area is 181 Å². The van der Waals surface area contributed by atoms with E-state index >= 15 is 0 Å². The standard InChI is InChI=1S/C27H38O3/c1-15-10-11-27(29-14-15)17(3)25-22(30-27)12-20-19-9-8-18-7-5-6-16(2)23(18)24(19)21(28)13-26(20,25)4/h5-7,15,17,19-22,24-25,28H,8-14H2,1-4H3. The van der Waals surface area contributed by atoms with Gasteiger partial charge in [-0.25, -0.2) is 0 Å².